The molecule has 1 unspecified atom stereocenters. The van der Waals surface area contributed by atoms with Crippen LogP contribution in [0.2, 0.25) is 0 Å². The van der Waals surface area contributed by atoms with Crippen molar-refractivity contribution >= 4 is 23.2 Å². The fourth-order valence-corrected chi connectivity index (χ4v) is 3.94. The van der Waals surface area contributed by atoms with Crippen LogP contribution < -0.4 is 10.6 Å². The zero-order chi connectivity index (χ0) is 16.9. The van der Waals surface area contributed by atoms with Crippen LogP contribution in [0.25, 0.3) is 0 Å². The molecule has 130 valence electrons. The topological polar surface area (TPSA) is 62.2 Å². The Bertz CT molecular complexity index is 646. The fourth-order valence-electron chi connectivity index (χ4n) is 3.08. The molecule has 2 amide bonds. The van der Waals surface area contributed by atoms with E-state index in [9.17, 15) is 4.79 Å². The number of hydrogen-bond acceptors (Lipinski definition) is 4. The van der Waals surface area contributed by atoms with Gasteiger partial charge in [0.25, 0.3) is 0 Å². The molecule has 24 heavy (non-hydrogen) atoms. The van der Waals surface area contributed by atoms with Crippen molar-refractivity contribution in [3.63, 3.8) is 0 Å². The normalized spacial score (nSPS) is 17.6. The Hall–Kier alpha value is -1.86. The second-order valence-corrected chi connectivity index (χ2v) is 7.40. The van der Waals surface area contributed by atoms with Crippen molar-refractivity contribution < 1.29 is 4.79 Å². The second-order valence-electron chi connectivity index (χ2n) is 6.42. The van der Waals surface area contributed by atoms with Crippen LogP contribution in [-0.2, 0) is 7.05 Å². The number of nitrogens with zero attached hydrogens (tertiary/aromatic N) is 3. The van der Waals surface area contributed by atoms with Gasteiger partial charge in [0.15, 0.2) is 0 Å². The summed E-state index contributed by atoms with van der Waals surface area (Å²) < 4.78 is 1.64. The van der Waals surface area contributed by atoms with Crippen molar-refractivity contribution in [2.45, 2.75) is 25.8 Å². The average molecular weight is 347 g/mol. The van der Waals surface area contributed by atoms with Gasteiger partial charge in [-0.05, 0) is 43.3 Å². The van der Waals surface area contributed by atoms with Crippen molar-refractivity contribution in [1.82, 2.24) is 20.0 Å². The molecule has 2 N–H and O–H groups in total. The summed E-state index contributed by atoms with van der Waals surface area (Å²) in [4.78, 5) is 16.0. The van der Waals surface area contributed by atoms with Crippen molar-refractivity contribution in [1.29, 1.82) is 0 Å². The number of hydrogen-bond donors (Lipinski definition) is 2. The number of aryl methyl sites for hydroxylation is 1. The number of amides is 2. The van der Waals surface area contributed by atoms with E-state index in [1.807, 2.05) is 0 Å². The van der Waals surface area contributed by atoms with E-state index in [0.717, 1.165) is 19.0 Å². The van der Waals surface area contributed by atoms with Gasteiger partial charge in [-0.15, -0.1) is 11.3 Å². The number of carbonyl (C=O) groups excluding carboxylic acids is 1. The molecule has 0 spiro atoms. The first-order valence-electron chi connectivity index (χ1n) is 8.44. The van der Waals surface area contributed by atoms with E-state index in [4.69, 9.17) is 0 Å². The lowest BCUT2D eigenvalue weighted by molar-refractivity contribution is 0.138. The lowest BCUT2D eigenvalue weighted by Crippen LogP contribution is -2.42. The molecule has 1 saturated heterocycles. The van der Waals surface area contributed by atoms with Gasteiger partial charge in [-0.25, -0.2) is 4.79 Å². The van der Waals surface area contributed by atoms with Gasteiger partial charge in [-0.1, -0.05) is 13.0 Å². The highest BCUT2D eigenvalue weighted by atomic mass is 32.1. The summed E-state index contributed by atoms with van der Waals surface area (Å²) in [6, 6.07) is 6.08. The van der Waals surface area contributed by atoms with Crippen LogP contribution in [0.15, 0.2) is 29.8 Å². The van der Waals surface area contributed by atoms with Gasteiger partial charge < -0.3 is 5.32 Å². The summed E-state index contributed by atoms with van der Waals surface area (Å²) in [6.45, 7) is 5.11. The maximum absolute atomic E-state index is 12.2. The number of aromatic nitrogens is 2. The van der Waals surface area contributed by atoms with Crippen molar-refractivity contribution in [3.8, 4) is 0 Å². The Morgan fingerprint density at radius 3 is 2.83 bits per heavy atom. The zero-order valence-electron chi connectivity index (χ0n) is 14.2. The van der Waals surface area contributed by atoms with Crippen LogP contribution >= 0.6 is 11.3 Å². The van der Waals surface area contributed by atoms with Crippen LogP contribution in [0.5, 0.6) is 0 Å². The number of likely N-dealkylation sites (tertiary alicyclic amines) is 1. The maximum Gasteiger partial charge on any atom is 0.320 e. The van der Waals surface area contributed by atoms with Crippen LogP contribution in [0, 0.1) is 5.92 Å². The lowest BCUT2D eigenvalue weighted by atomic mass is 9.97. The van der Waals surface area contributed by atoms with Gasteiger partial charge >= 0.3 is 6.03 Å². The first-order valence-corrected chi connectivity index (χ1v) is 9.31. The Kier molecular flexibility index (Phi) is 5.52. The Morgan fingerprint density at radius 2 is 2.21 bits per heavy atom. The van der Waals surface area contributed by atoms with Crippen LogP contribution in [0.4, 0.5) is 10.6 Å². The minimum atomic E-state index is -0.189. The molecule has 6 nitrogen and oxygen atoms in total. The smallest absolute Gasteiger partial charge is 0.320 e. The minimum Gasteiger partial charge on any atom is -0.336 e. The molecule has 0 bridgehead atoms. The molecule has 3 rings (SSSR count). The molecule has 3 heterocycles. The van der Waals surface area contributed by atoms with E-state index < -0.39 is 0 Å². The second kappa shape index (κ2) is 7.81. The monoisotopic (exact) mass is 347 g/mol. The Balaban J connectivity index is 1.60. The van der Waals surface area contributed by atoms with E-state index in [1.165, 1.54) is 17.7 Å². The molecule has 7 heteroatoms. The predicted molar refractivity (Wildman–Crippen MR) is 97.3 cm³/mol. The minimum absolute atomic E-state index is 0.189. The molecule has 0 radical (unpaired) electrons. The number of urea groups is 1. The summed E-state index contributed by atoms with van der Waals surface area (Å²) in [5, 5.41) is 12.0. The summed E-state index contributed by atoms with van der Waals surface area (Å²) in [7, 11) is 1.80. The highest BCUT2D eigenvalue weighted by Gasteiger charge is 2.25. The van der Waals surface area contributed by atoms with E-state index in [0.29, 0.717) is 12.4 Å². The Morgan fingerprint density at radius 1 is 1.42 bits per heavy atom. The number of thiophene rings is 1. The van der Waals surface area contributed by atoms with Gasteiger partial charge in [0.2, 0.25) is 0 Å². The van der Waals surface area contributed by atoms with Gasteiger partial charge in [0, 0.05) is 24.5 Å². The number of rotatable bonds is 5. The van der Waals surface area contributed by atoms with E-state index in [2.05, 4.69) is 45.1 Å². The molecule has 1 fully saturated rings. The highest BCUT2D eigenvalue weighted by Crippen LogP contribution is 2.29. The Labute approximate surface area is 146 Å². The van der Waals surface area contributed by atoms with Gasteiger partial charge in [-0.3, -0.25) is 14.9 Å². The lowest BCUT2D eigenvalue weighted by Gasteiger charge is -2.36. The van der Waals surface area contributed by atoms with Crippen LogP contribution in [0.3, 0.4) is 0 Å². The number of nitrogens with one attached hydrogen (secondary N) is 2. The van der Waals surface area contributed by atoms with Gasteiger partial charge in [-0.2, -0.15) is 5.10 Å². The highest BCUT2D eigenvalue weighted by molar-refractivity contribution is 7.10. The molecule has 0 aliphatic carbocycles. The predicted octanol–water partition coefficient (Wildman–Crippen LogP) is 3.08. The SMILES string of the molecule is CC1CCN(C(CNC(=O)Nc2ccnn2C)c2cccs2)CC1. The third-order valence-corrected chi connectivity index (χ3v) is 5.62. The van der Waals surface area contributed by atoms with Crippen molar-refractivity contribution in [3.05, 3.63) is 34.7 Å². The molecule has 0 aromatic carbocycles. The molecule has 2 aromatic heterocycles. The molecule has 2 aromatic rings. The molecule has 1 aliphatic rings. The average Bonchev–Trinajstić information content (AvgIpc) is 3.22. The molecule has 0 saturated carbocycles. The third-order valence-electron chi connectivity index (χ3n) is 4.65. The zero-order valence-corrected chi connectivity index (χ0v) is 15.1. The molecule has 1 aliphatic heterocycles. The van der Waals surface area contributed by atoms with E-state index in [1.54, 1.807) is 35.3 Å². The van der Waals surface area contributed by atoms with Crippen molar-refractivity contribution in [2.75, 3.05) is 25.0 Å². The van der Waals surface area contributed by atoms with Gasteiger partial charge in [0.1, 0.15) is 5.82 Å². The summed E-state index contributed by atoms with van der Waals surface area (Å²) in [6.07, 6.45) is 4.12. The quantitative estimate of drug-likeness (QED) is 0.874. The van der Waals surface area contributed by atoms with Gasteiger partial charge in [0.05, 0.1) is 12.2 Å². The summed E-state index contributed by atoms with van der Waals surface area (Å²) in [5.41, 5.74) is 0. The third kappa shape index (κ3) is 4.15. The fraction of sp³-hybridized carbons (Fsp3) is 0.529. The maximum atomic E-state index is 12.2. The number of carbonyl (C=O) groups is 1. The summed E-state index contributed by atoms with van der Waals surface area (Å²) in [5.74, 6) is 1.48. The van der Waals surface area contributed by atoms with Crippen molar-refractivity contribution in [2.24, 2.45) is 13.0 Å². The first kappa shape index (κ1) is 17.0. The molecular formula is C17H25N5OS. The molecular weight excluding hydrogens is 322 g/mol. The van der Waals surface area contributed by atoms with E-state index in [-0.39, 0.29) is 12.1 Å². The van der Waals surface area contributed by atoms with Crippen LogP contribution in [-0.4, -0.2) is 40.3 Å². The van der Waals surface area contributed by atoms with E-state index >= 15 is 0 Å². The number of anilines is 1. The largest absolute Gasteiger partial charge is 0.336 e. The molecule has 1 atom stereocenters. The van der Waals surface area contributed by atoms with Crippen LogP contribution in [0.1, 0.15) is 30.7 Å². The summed E-state index contributed by atoms with van der Waals surface area (Å²) >= 11 is 1.76. The number of piperidine rings is 1. The first-order chi connectivity index (χ1) is 11.6. The standard InChI is InChI=1S/C17H25N5OS/c1-13-6-9-22(10-7-13)14(15-4-3-11-24-15)12-18-17(23)20-16-5-8-19-21(16)2/h3-5,8,11,13-14H,6-7,9-10,12H2,1-2H3,(H2,18,20,23).